The van der Waals surface area contributed by atoms with Gasteiger partial charge < -0.3 is 5.11 Å². The van der Waals surface area contributed by atoms with E-state index in [2.05, 4.69) is 0 Å². The van der Waals surface area contributed by atoms with Crippen molar-refractivity contribution in [1.29, 1.82) is 0 Å². The van der Waals surface area contributed by atoms with Gasteiger partial charge in [0.2, 0.25) is 0 Å². The van der Waals surface area contributed by atoms with E-state index >= 15 is 0 Å². The monoisotopic (exact) mass is 131 g/mol. The first kappa shape index (κ1) is 1.36. The largest absolute Gasteiger partial charge is 0.508 e. The molecule has 0 saturated heterocycles. The van der Waals surface area contributed by atoms with E-state index < -0.39 is 48.7 Å². The van der Waals surface area contributed by atoms with Gasteiger partial charge in [0, 0.05) is 6.85 Å². The molecular weight excluding hydrogens is 112 g/mol. The summed E-state index contributed by atoms with van der Waals surface area (Å²) in [4.78, 5) is 0. The van der Waals surface area contributed by atoms with Crippen molar-refractivity contribution in [3.8, 4) is 5.75 Å². The highest BCUT2D eigenvalue weighted by Gasteiger charge is 1.87. The summed E-state index contributed by atoms with van der Waals surface area (Å²) in [6.45, 7) is -3.15. The van der Waals surface area contributed by atoms with E-state index in [-0.39, 0.29) is 0 Å². The molecule has 0 aliphatic heterocycles. The second-order valence-electron chi connectivity index (χ2n) is 1.35. The Balaban J connectivity index is 3.72. The van der Waals surface area contributed by atoms with Crippen LogP contribution in [0.3, 0.4) is 0 Å². The van der Waals surface area contributed by atoms with Crippen LogP contribution in [0, 0.1) is 0 Å². The van der Waals surface area contributed by atoms with Gasteiger partial charge in [0.15, 0.2) is 0 Å². The van der Waals surface area contributed by atoms with Crippen molar-refractivity contribution < 1.29 is 17.4 Å². The van der Waals surface area contributed by atoms with Crippen LogP contribution in [0.5, 0.6) is 5.75 Å². The van der Waals surface area contributed by atoms with Crippen LogP contribution in [0.4, 0.5) is 0 Å². The van der Waals surface area contributed by atoms with Crippen molar-refractivity contribution in [3.05, 3.63) is 29.7 Å². The Hall–Kier alpha value is -0.980. The van der Waals surface area contributed by atoms with Crippen LogP contribution in [0.1, 0.15) is 24.8 Å². The highest BCUT2D eigenvalue weighted by molar-refractivity contribution is 5.26. The number of phenols is 1. The fourth-order valence-electron chi connectivity index (χ4n) is 0.396. The number of hydrogen-bond acceptors (Lipinski definition) is 1. The Labute approximate surface area is 67.6 Å². The minimum absolute atomic E-state index is 0.796. The molecule has 1 nitrogen and oxygen atoms in total. The second kappa shape index (κ2) is 2.53. The van der Waals surface area contributed by atoms with E-state index in [0.29, 0.717) is 0 Å². The molecule has 1 rings (SSSR count). The standard InChI is InChI=1S/C8H10O/c1-2-7-4-3-5-8(9)6-7/h3-6,9H,2H2,1H3/i1D3,2D2,3D,4D,5D,6D. The molecule has 0 aliphatic rings. The normalized spacial score (nSPS) is 26.9. The van der Waals surface area contributed by atoms with Crippen LogP contribution in [0.25, 0.3) is 0 Å². The van der Waals surface area contributed by atoms with Crippen LogP contribution >= 0.6 is 0 Å². The zero-order chi connectivity index (χ0) is 14.5. The van der Waals surface area contributed by atoms with Crippen LogP contribution < -0.4 is 0 Å². The van der Waals surface area contributed by atoms with E-state index in [1.165, 1.54) is 0 Å². The van der Waals surface area contributed by atoms with Crippen molar-refractivity contribution in [2.24, 2.45) is 0 Å². The summed E-state index contributed by atoms with van der Waals surface area (Å²) < 4.78 is 65.6. The molecule has 48 valence electrons. The Morgan fingerprint density at radius 1 is 1.89 bits per heavy atom. The number of rotatable bonds is 1. The first-order chi connectivity index (χ1) is 7.93. The van der Waals surface area contributed by atoms with Crippen molar-refractivity contribution in [2.45, 2.75) is 13.2 Å². The van der Waals surface area contributed by atoms with Gasteiger partial charge in [-0.3, -0.25) is 0 Å². The summed E-state index contributed by atoms with van der Waals surface area (Å²) >= 11 is 0. The summed E-state index contributed by atoms with van der Waals surface area (Å²) in [6.07, 6.45) is -3.05. The molecule has 0 unspecified atom stereocenters. The summed E-state index contributed by atoms with van der Waals surface area (Å²) in [5.41, 5.74) is -0.902. The Morgan fingerprint density at radius 2 is 2.78 bits per heavy atom. The molecule has 0 saturated carbocycles. The molecular formula is C8H10O. The molecule has 0 radical (unpaired) electrons. The molecule has 0 atom stereocenters. The predicted molar refractivity (Wildman–Crippen MR) is 37.5 cm³/mol. The average molecular weight is 131 g/mol. The zero-order valence-corrected chi connectivity index (χ0v) is 4.45. The second-order valence-corrected chi connectivity index (χ2v) is 1.35. The number of phenolic OH excluding ortho intramolecular Hbond substituents is 1. The molecule has 1 N–H and O–H groups in total. The zero-order valence-electron chi connectivity index (χ0n) is 13.4. The SMILES string of the molecule is [2H]c1c([2H])c(O)c([2H])c(C([2H])([2H])C([2H])([2H])[2H])c1[2H]. The third-order valence-corrected chi connectivity index (χ3v) is 0.737. The van der Waals surface area contributed by atoms with Gasteiger partial charge in [-0.1, -0.05) is 18.9 Å². The maximum atomic E-state index is 9.39. The van der Waals surface area contributed by atoms with Gasteiger partial charge in [0.1, 0.15) is 5.75 Å². The summed E-state index contributed by atoms with van der Waals surface area (Å²) in [5.74, 6) is -1.00. The van der Waals surface area contributed by atoms with Crippen molar-refractivity contribution >= 4 is 0 Å². The Morgan fingerprint density at radius 3 is 3.56 bits per heavy atom. The molecule has 9 heavy (non-hydrogen) atoms. The highest BCUT2D eigenvalue weighted by atomic mass is 16.3. The van der Waals surface area contributed by atoms with Gasteiger partial charge >= 0.3 is 0 Å². The summed E-state index contributed by atoms with van der Waals surface area (Å²) in [6, 6.07) is -3.42. The molecule has 0 amide bonds. The minimum Gasteiger partial charge on any atom is -0.508 e. The number of hydrogen-bond donors (Lipinski definition) is 1. The molecule has 1 aromatic carbocycles. The van der Waals surface area contributed by atoms with E-state index in [1.807, 2.05) is 0 Å². The summed E-state index contributed by atoms with van der Waals surface area (Å²) in [7, 11) is 0. The lowest BCUT2D eigenvalue weighted by molar-refractivity contribution is 0.474. The lowest BCUT2D eigenvalue weighted by Gasteiger charge is -1.94. The van der Waals surface area contributed by atoms with Gasteiger partial charge in [-0.15, -0.1) is 0 Å². The molecule has 0 aliphatic carbocycles. The van der Waals surface area contributed by atoms with Crippen molar-refractivity contribution in [1.82, 2.24) is 0 Å². The first-order valence-corrected chi connectivity index (χ1v) is 2.22. The Bertz CT molecular complexity index is 461. The molecule has 0 heterocycles. The van der Waals surface area contributed by atoms with Crippen LogP contribution in [-0.2, 0) is 6.37 Å². The third-order valence-electron chi connectivity index (χ3n) is 0.737. The van der Waals surface area contributed by atoms with Crippen LogP contribution in [0.15, 0.2) is 24.2 Å². The first-order valence-electron chi connectivity index (χ1n) is 6.72. The minimum atomic E-state index is -3.15. The van der Waals surface area contributed by atoms with Gasteiger partial charge in [-0.2, -0.15) is 0 Å². The van der Waals surface area contributed by atoms with Crippen molar-refractivity contribution in [2.75, 3.05) is 0 Å². The van der Waals surface area contributed by atoms with E-state index in [0.717, 1.165) is 0 Å². The van der Waals surface area contributed by atoms with Gasteiger partial charge in [0.25, 0.3) is 0 Å². The number of benzene rings is 1. The predicted octanol–water partition coefficient (Wildman–Crippen LogP) is 1.95. The average Bonchev–Trinajstić information content (AvgIpc) is 2.22. The maximum absolute atomic E-state index is 9.39. The van der Waals surface area contributed by atoms with Gasteiger partial charge in [0.05, 0.1) is 5.48 Å². The van der Waals surface area contributed by atoms with Crippen LogP contribution in [-0.4, -0.2) is 5.11 Å². The van der Waals surface area contributed by atoms with Gasteiger partial charge in [-0.05, 0) is 24.0 Å². The van der Waals surface area contributed by atoms with E-state index in [4.69, 9.17) is 12.3 Å². The molecule has 0 bridgehead atoms. The van der Waals surface area contributed by atoms with Crippen molar-refractivity contribution in [3.63, 3.8) is 0 Å². The van der Waals surface area contributed by atoms with E-state index in [9.17, 15) is 5.11 Å². The summed E-state index contributed by atoms with van der Waals surface area (Å²) in [5, 5.41) is 9.39. The molecule has 0 spiro atoms. The molecule has 0 aromatic heterocycles. The topological polar surface area (TPSA) is 20.2 Å². The fraction of sp³-hybridized carbons (Fsp3) is 0.250. The van der Waals surface area contributed by atoms with Gasteiger partial charge in [-0.25, -0.2) is 0 Å². The smallest absolute Gasteiger partial charge is 0.115 e. The lowest BCUT2D eigenvalue weighted by Crippen LogP contribution is -1.75. The quantitative estimate of drug-likeness (QED) is 0.617. The molecule has 1 heteroatoms. The van der Waals surface area contributed by atoms with E-state index in [1.54, 1.807) is 0 Å². The number of aromatic hydroxyl groups is 1. The third kappa shape index (κ3) is 1.46. The highest BCUT2D eigenvalue weighted by Crippen LogP contribution is 2.10. The van der Waals surface area contributed by atoms with Crippen LogP contribution in [0.2, 0.25) is 0 Å². The lowest BCUT2D eigenvalue weighted by atomic mass is 10.2. The fourth-order valence-corrected chi connectivity index (χ4v) is 0.396. The molecule has 1 aromatic rings. The Kier molecular flexibility index (Phi) is 0.384. The maximum Gasteiger partial charge on any atom is 0.115 e. The molecule has 0 fully saturated rings.